The molecule has 2 aromatic rings. The molecule has 3 heterocycles. The van der Waals surface area contributed by atoms with E-state index in [2.05, 4.69) is 15.2 Å². The molecule has 1 fully saturated rings. The maximum Gasteiger partial charge on any atom is 0.254 e. The fourth-order valence-corrected chi connectivity index (χ4v) is 2.98. The highest BCUT2D eigenvalue weighted by Gasteiger charge is 2.29. The molecular formula is C16H18N4O3. The highest BCUT2D eigenvalue weighted by Crippen LogP contribution is 2.24. The number of carbonyl (C=O) groups is 1. The number of aryl methyl sites for hydroxylation is 1. The third-order valence-corrected chi connectivity index (χ3v) is 4.22. The number of benzene rings is 1. The summed E-state index contributed by atoms with van der Waals surface area (Å²) in [6.45, 7) is 4.58. The van der Waals surface area contributed by atoms with E-state index in [1.54, 1.807) is 4.90 Å². The van der Waals surface area contributed by atoms with Crippen LogP contribution in [0.4, 0.5) is 0 Å². The number of hydrogen-bond donors (Lipinski definition) is 1. The van der Waals surface area contributed by atoms with Gasteiger partial charge in [-0.1, -0.05) is 6.07 Å². The largest absolute Gasteiger partial charge is 0.372 e. The van der Waals surface area contributed by atoms with E-state index in [-0.39, 0.29) is 12.0 Å². The van der Waals surface area contributed by atoms with Crippen molar-refractivity contribution in [2.24, 2.45) is 0 Å². The Labute approximate surface area is 133 Å². The molecule has 7 heteroatoms. The summed E-state index contributed by atoms with van der Waals surface area (Å²) in [5.41, 5.74) is 2.96. The van der Waals surface area contributed by atoms with Crippen molar-refractivity contribution >= 4 is 5.91 Å². The summed E-state index contributed by atoms with van der Waals surface area (Å²) >= 11 is 0. The molecule has 1 aromatic heterocycles. The van der Waals surface area contributed by atoms with E-state index in [0.29, 0.717) is 44.3 Å². The number of hydrogen-bond acceptors (Lipinski definition) is 5. The van der Waals surface area contributed by atoms with E-state index in [1.807, 2.05) is 25.1 Å². The number of nitrogens with zero attached hydrogens (tertiary/aromatic N) is 3. The van der Waals surface area contributed by atoms with Crippen LogP contribution < -0.4 is 0 Å². The normalized spacial score (nSPS) is 20.6. The third-order valence-electron chi connectivity index (χ3n) is 4.22. The Morgan fingerprint density at radius 3 is 3.04 bits per heavy atom. The summed E-state index contributed by atoms with van der Waals surface area (Å²) in [4.78, 5) is 18.9. The molecule has 2 aliphatic rings. The van der Waals surface area contributed by atoms with Gasteiger partial charge in [0, 0.05) is 12.1 Å². The lowest BCUT2D eigenvalue weighted by Gasteiger charge is -2.31. The predicted octanol–water partition coefficient (Wildman–Crippen LogP) is 1.36. The molecule has 7 nitrogen and oxygen atoms in total. The number of nitrogens with one attached hydrogen (secondary N) is 1. The van der Waals surface area contributed by atoms with Crippen molar-refractivity contribution < 1.29 is 14.3 Å². The van der Waals surface area contributed by atoms with E-state index < -0.39 is 0 Å². The van der Waals surface area contributed by atoms with E-state index >= 15 is 0 Å². The molecule has 23 heavy (non-hydrogen) atoms. The Morgan fingerprint density at radius 1 is 1.35 bits per heavy atom. The molecule has 1 amide bonds. The number of amides is 1. The Kier molecular flexibility index (Phi) is 3.59. The SMILES string of the molecule is Cc1nc(C2CN(C(=O)c3ccc4c(c3)COC4)CCO2)n[nH]1. The zero-order valence-electron chi connectivity index (χ0n) is 12.9. The molecule has 120 valence electrons. The lowest BCUT2D eigenvalue weighted by molar-refractivity contribution is -0.0266. The predicted molar refractivity (Wildman–Crippen MR) is 80.7 cm³/mol. The zero-order chi connectivity index (χ0) is 15.8. The van der Waals surface area contributed by atoms with Crippen LogP contribution in [0.25, 0.3) is 0 Å². The van der Waals surface area contributed by atoms with Crippen molar-refractivity contribution in [1.82, 2.24) is 20.1 Å². The van der Waals surface area contributed by atoms with Crippen molar-refractivity contribution in [2.45, 2.75) is 26.2 Å². The summed E-state index contributed by atoms with van der Waals surface area (Å²) in [7, 11) is 0. The summed E-state index contributed by atoms with van der Waals surface area (Å²) < 4.78 is 11.1. The van der Waals surface area contributed by atoms with Crippen LogP contribution in [0.5, 0.6) is 0 Å². The Morgan fingerprint density at radius 2 is 2.22 bits per heavy atom. The van der Waals surface area contributed by atoms with Crippen LogP contribution in [0, 0.1) is 6.92 Å². The molecule has 0 bridgehead atoms. The van der Waals surface area contributed by atoms with Gasteiger partial charge in [-0.2, -0.15) is 5.10 Å². The first kappa shape index (κ1) is 14.3. The van der Waals surface area contributed by atoms with Gasteiger partial charge in [-0.05, 0) is 30.2 Å². The minimum atomic E-state index is -0.282. The van der Waals surface area contributed by atoms with Crippen molar-refractivity contribution in [3.8, 4) is 0 Å². The van der Waals surface area contributed by atoms with Crippen LogP contribution in [0.2, 0.25) is 0 Å². The fraction of sp³-hybridized carbons (Fsp3) is 0.438. The molecule has 1 aromatic carbocycles. The van der Waals surface area contributed by atoms with Crippen LogP contribution in [-0.2, 0) is 22.7 Å². The average Bonchev–Trinajstić information content (AvgIpc) is 3.22. The monoisotopic (exact) mass is 314 g/mol. The molecule has 1 saturated heterocycles. The summed E-state index contributed by atoms with van der Waals surface area (Å²) in [6.07, 6.45) is -0.282. The topological polar surface area (TPSA) is 80.3 Å². The van der Waals surface area contributed by atoms with Gasteiger partial charge in [0.05, 0.1) is 26.4 Å². The summed E-state index contributed by atoms with van der Waals surface area (Å²) in [6, 6.07) is 5.79. The lowest BCUT2D eigenvalue weighted by atomic mass is 10.1. The Bertz CT molecular complexity index is 743. The second-order valence-electron chi connectivity index (χ2n) is 5.87. The first-order valence-corrected chi connectivity index (χ1v) is 7.70. The molecule has 1 unspecified atom stereocenters. The van der Waals surface area contributed by atoms with E-state index in [4.69, 9.17) is 9.47 Å². The standard InChI is InChI=1S/C16H18N4O3/c1-10-17-15(19-18-10)14-7-20(4-5-23-14)16(21)11-2-3-12-8-22-9-13(12)6-11/h2-3,6,14H,4-5,7-9H2,1H3,(H,17,18,19). The zero-order valence-corrected chi connectivity index (χ0v) is 12.9. The maximum atomic E-state index is 12.8. The number of carbonyl (C=O) groups excluding carboxylic acids is 1. The minimum absolute atomic E-state index is 0.0141. The first-order chi connectivity index (χ1) is 11.2. The number of ether oxygens (including phenoxy) is 2. The van der Waals surface area contributed by atoms with Crippen molar-refractivity contribution in [3.05, 3.63) is 46.5 Å². The molecule has 1 atom stereocenters. The molecule has 0 aliphatic carbocycles. The van der Waals surface area contributed by atoms with Gasteiger partial charge in [0.25, 0.3) is 5.91 Å². The second-order valence-corrected chi connectivity index (χ2v) is 5.87. The minimum Gasteiger partial charge on any atom is -0.372 e. The van der Waals surface area contributed by atoms with Crippen molar-refractivity contribution in [1.29, 1.82) is 0 Å². The highest BCUT2D eigenvalue weighted by molar-refractivity contribution is 5.94. The quantitative estimate of drug-likeness (QED) is 0.905. The Hall–Kier alpha value is -2.25. The smallest absolute Gasteiger partial charge is 0.254 e. The molecule has 0 spiro atoms. The number of morpholine rings is 1. The number of aromatic nitrogens is 3. The van der Waals surface area contributed by atoms with Gasteiger partial charge in [-0.25, -0.2) is 4.98 Å². The van der Waals surface area contributed by atoms with E-state index in [9.17, 15) is 4.79 Å². The number of aromatic amines is 1. The van der Waals surface area contributed by atoms with Gasteiger partial charge < -0.3 is 14.4 Å². The highest BCUT2D eigenvalue weighted by atomic mass is 16.5. The average molecular weight is 314 g/mol. The molecule has 0 saturated carbocycles. The number of fused-ring (bicyclic) bond motifs is 1. The molecule has 1 N–H and O–H groups in total. The fourth-order valence-electron chi connectivity index (χ4n) is 2.98. The van der Waals surface area contributed by atoms with Crippen LogP contribution in [0.15, 0.2) is 18.2 Å². The van der Waals surface area contributed by atoms with Crippen LogP contribution in [-0.4, -0.2) is 45.7 Å². The van der Waals surface area contributed by atoms with Gasteiger partial charge in [0.2, 0.25) is 0 Å². The molecule has 0 radical (unpaired) electrons. The van der Waals surface area contributed by atoms with Gasteiger partial charge in [0.15, 0.2) is 5.82 Å². The maximum absolute atomic E-state index is 12.8. The van der Waals surface area contributed by atoms with Gasteiger partial charge in [-0.3, -0.25) is 9.89 Å². The lowest BCUT2D eigenvalue weighted by Crippen LogP contribution is -2.42. The number of rotatable bonds is 2. The second kappa shape index (κ2) is 5.75. The van der Waals surface area contributed by atoms with E-state index in [0.717, 1.165) is 17.0 Å². The molecule has 4 rings (SSSR count). The van der Waals surface area contributed by atoms with Gasteiger partial charge >= 0.3 is 0 Å². The summed E-state index contributed by atoms with van der Waals surface area (Å²) in [5, 5.41) is 6.95. The first-order valence-electron chi connectivity index (χ1n) is 7.70. The molecular weight excluding hydrogens is 296 g/mol. The molecule has 2 aliphatic heterocycles. The van der Waals surface area contributed by atoms with Crippen LogP contribution in [0.3, 0.4) is 0 Å². The van der Waals surface area contributed by atoms with E-state index in [1.165, 1.54) is 0 Å². The Balaban J connectivity index is 1.51. The van der Waals surface area contributed by atoms with Crippen LogP contribution in [0.1, 0.15) is 39.2 Å². The summed E-state index contributed by atoms with van der Waals surface area (Å²) in [5.74, 6) is 1.35. The van der Waals surface area contributed by atoms with Crippen molar-refractivity contribution in [3.63, 3.8) is 0 Å². The number of H-pyrrole nitrogens is 1. The van der Waals surface area contributed by atoms with Gasteiger partial charge in [0.1, 0.15) is 11.9 Å². The van der Waals surface area contributed by atoms with Gasteiger partial charge in [-0.15, -0.1) is 0 Å². The van der Waals surface area contributed by atoms with Crippen LogP contribution >= 0.6 is 0 Å². The third kappa shape index (κ3) is 2.73. The van der Waals surface area contributed by atoms with Crippen molar-refractivity contribution in [2.75, 3.05) is 19.7 Å².